The molecular formula is C13H16Cl2N2O3. The number of anilines is 1. The maximum atomic E-state index is 11.8. The van der Waals surface area contributed by atoms with Gasteiger partial charge in [0.05, 0.1) is 15.6 Å². The molecule has 1 aliphatic heterocycles. The van der Waals surface area contributed by atoms with Crippen molar-refractivity contribution in [2.45, 2.75) is 18.4 Å². The van der Waals surface area contributed by atoms with E-state index in [2.05, 4.69) is 10.6 Å². The summed E-state index contributed by atoms with van der Waals surface area (Å²) in [7, 11) is 0. The number of nitrogens with one attached hydrogen (secondary N) is 2. The second-order valence-electron chi connectivity index (χ2n) is 4.77. The van der Waals surface area contributed by atoms with E-state index < -0.39 is 11.6 Å². The van der Waals surface area contributed by atoms with Crippen LogP contribution >= 0.6 is 23.2 Å². The Hall–Kier alpha value is -1.01. The van der Waals surface area contributed by atoms with Crippen LogP contribution in [-0.4, -0.2) is 36.5 Å². The average Bonchev–Trinajstić information content (AvgIpc) is 2.42. The number of halogens is 2. The molecule has 20 heavy (non-hydrogen) atoms. The quantitative estimate of drug-likeness (QED) is 0.802. The number of hydrogen-bond acceptors (Lipinski definition) is 3. The lowest BCUT2D eigenvalue weighted by Crippen LogP contribution is -2.47. The van der Waals surface area contributed by atoms with Crippen molar-refractivity contribution in [1.82, 2.24) is 5.32 Å². The van der Waals surface area contributed by atoms with Crippen LogP contribution in [0.4, 0.5) is 10.5 Å². The zero-order valence-corrected chi connectivity index (χ0v) is 12.3. The Bertz CT molecular complexity index is 491. The molecule has 1 heterocycles. The van der Waals surface area contributed by atoms with Gasteiger partial charge < -0.3 is 20.5 Å². The number of amides is 2. The molecule has 0 saturated carbocycles. The van der Waals surface area contributed by atoms with Crippen molar-refractivity contribution in [3.8, 4) is 0 Å². The van der Waals surface area contributed by atoms with E-state index in [1.165, 1.54) is 0 Å². The van der Waals surface area contributed by atoms with Gasteiger partial charge in [0.2, 0.25) is 0 Å². The molecule has 3 N–H and O–H groups in total. The Morgan fingerprint density at radius 2 is 2.00 bits per heavy atom. The highest BCUT2D eigenvalue weighted by Gasteiger charge is 2.30. The van der Waals surface area contributed by atoms with E-state index in [1.807, 2.05) is 0 Å². The summed E-state index contributed by atoms with van der Waals surface area (Å²) in [4.78, 5) is 11.8. The molecule has 1 aromatic rings. The van der Waals surface area contributed by atoms with Crippen molar-refractivity contribution in [1.29, 1.82) is 0 Å². The van der Waals surface area contributed by atoms with E-state index >= 15 is 0 Å². The number of carbonyl (C=O) groups excluding carboxylic acids is 1. The van der Waals surface area contributed by atoms with Crippen LogP contribution in [0.15, 0.2) is 18.2 Å². The topological polar surface area (TPSA) is 70.6 Å². The van der Waals surface area contributed by atoms with Crippen LogP contribution in [0, 0.1) is 0 Å². The number of hydrogen-bond donors (Lipinski definition) is 3. The second kappa shape index (κ2) is 6.63. The Morgan fingerprint density at radius 1 is 1.30 bits per heavy atom. The normalized spacial score (nSPS) is 17.6. The summed E-state index contributed by atoms with van der Waals surface area (Å²) < 4.78 is 5.18. The van der Waals surface area contributed by atoms with Gasteiger partial charge in [0.25, 0.3) is 0 Å². The van der Waals surface area contributed by atoms with Gasteiger partial charge in [-0.25, -0.2) is 4.79 Å². The van der Waals surface area contributed by atoms with Gasteiger partial charge in [0.15, 0.2) is 0 Å². The Labute approximate surface area is 127 Å². The number of benzene rings is 1. The predicted octanol–water partition coefficient (Wildman–Crippen LogP) is 2.66. The minimum absolute atomic E-state index is 0.184. The lowest BCUT2D eigenvalue weighted by molar-refractivity contribution is -0.0598. The SMILES string of the molecule is O=C(NCC1(O)CCOCC1)Nc1ccc(Cl)c(Cl)c1. The lowest BCUT2D eigenvalue weighted by Gasteiger charge is -2.32. The fourth-order valence-corrected chi connectivity index (χ4v) is 2.22. The standard InChI is InChI=1S/C13H16Cl2N2O3/c14-10-2-1-9(7-11(10)15)17-12(18)16-8-13(19)3-5-20-6-4-13/h1-2,7,19H,3-6,8H2,(H2,16,17,18). The third-order valence-corrected chi connectivity index (χ3v) is 3.92. The zero-order valence-electron chi connectivity index (χ0n) is 10.8. The van der Waals surface area contributed by atoms with Gasteiger partial charge in [0, 0.05) is 38.3 Å². The van der Waals surface area contributed by atoms with Crippen molar-refractivity contribution in [3.63, 3.8) is 0 Å². The molecule has 110 valence electrons. The Balaban J connectivity index is 1.84. The van der Waals surface area contributed by atoms with Gasteiger partial charge in [-0.2, -0.15) is 0 Å². The fourth-order valence-electron chi connectivity index (χ4n) is 1.92. The Morgan fingerprint density at radius 3 is 2.65 bits per heavy atom. The monoisotopic (exact) mass is 318 g/mol. The molecule has 2 amide bonds. The molecule has 0 unspecified atom stereocenters. The first-order valence-corrected chi connectivity index (χ1v) is 7.04. The van der Waals surface area contributed by atoms with Crippen molar-refractivity contribution in [2.24, 2.45) is 0 Å². The van der Waals surface area contributed by atoms with Crippen molar-refractivity contribution in [2.75, 3.05) is 25.1 Å². The molecule has 1 fully saturated rings. The summed E-state index contributed by atoms with van der Waals surface area (Å²) in [5.74, 6) is 0. The number of ether oxygens (including phenoxy) is 1. The molecule has 1 aliphatic rings. The minimum atomic E-state index is -0.896. The molecule has 0 bridgehead atoms. The highest BCUT2D eigenvalue weighted by Crippen LogP contribution is 2.25. The summed E-state index contributed by atoms with van der Waals surface area (Å²) in [6.45, 7) is 1.20. The number of carbonyl (C=O) groups is 1. The van der Waals surface area contributed by atoms with Crippen LogP contribution in [0.3, 0.4) is 0 Å². The third-order valence-electron chi connectivity index (χ3n) is 3.18. The largest absolute Gasteiger partial charge is 0.388 e. The molecular weight excluding hydrogens is 303 g/mol. The van der Waals surface area contributed by atoms with Gasteiger partial charge >= 0.3 is 6.03 Å². The smallest absolute Gasteiger partial charge is 0.319 e. The maximum absolute atomic E-state index is 11.8. The Kier molecular flexibility index (Phi) is 5.10. The molecule has 0 radical (unpaired) electrons. The zero-order chi connectivity index (χ0) is 14.6. The van der Waals surface area contributed by atoms with E-state index in [9.17, 15) is 9.90 Å². The third kappa shape index (κ3) is 4.24. The van der Waals surface area contributed by atoms with Crippen molar-refractivity contribution < 1.29 is 14.6 Å². The molecule has 1 saturated heterocycles. The van der Waals surface area contributed by atoms with Gasteiger partial charge in [-0.15, -0.1) is 0 Å². The lowest BCUT2D eigenvalue weighted by atomic mass is 9.94. The van der Waals surface area contributed by atoms with Gasteiger partial charge in [-0.3, -0.25) is 0 Å². The van der Waals surface area contributed by atoms with Crippen LogP contribution in [0.5, 0.6) is 0 Å². The molecule has 7 heteroatoms. The van der Waals surface area contributed by atoms with Gasteiger partial charge in [-0.1, -0.05) is 23.2 Å². The molecule has 0 aromatic heterocycles. The van der Waals surface area contributed by atoms with Crippen molar-refractivity contribution >= 4 is 34.9 Å². The summed E-state index contributed by atoms with van der Waals surface area (Å²) in [5, 5.41) is 16.3. The summed E-state index contributed by atoms with van der Waals surface area (Å²) >= 11 is 11.7. The van der Waals surface area contributed by atoms with Crippen molar-refractivity contribution in [3.05, 3.63) is 28.2 Å². The summed E-state index contributed by atoms with van der Waals surface area (Å²) in [6, 6.07) is 4.41. The molecule has 0 atom stereocenters. The van der Waals surface area contributed by atoms with E-state index in [4.69, 9.17) is 27.9 Å². The number of rotatable bonds is 3. The summed E-state index contributed by atoms with van der Waals surface area (Å²) in [5.41, 5.74) is -0.358. The number of aliphatic hydroxyl groups is 1. The number of urea groups is 1. The first kappa shape index (κ1) is 15.4. The molecule has 2 rings (SSSR count). The van der Waals surface area contributed by atoms with E-state index in [1.54, 1.807) is 18.2 Å². The molecule has 0 spiro atoms. The maximum Gasteiger partial charge on any atom is 0.319 e. The van der Waals surface area contributed by atoms with Crippen LogP contribution in [-0.2, 0) is 4.74 Å². The fraction of sp³-hybridized carbons (Fsp3) is 0.462. The first-order chi connectivity index (χ1) is 9.48. The van der Waals surface area contributed by atoms with Gasteiger partial charge in [0.1, 0.15) is 0 Å². The minimum Gasteiger partial charge on any atom is -0.388 e. The molecule has 0 aliphatic carbocycles. The van der Waals surface area contributed by atoms with Crippen LogP contribution in [0.25, 0.3) is 0 Å². The highest BCUT2D eigenvalue weighted by atomic mass is 35.5. The second-order valence-corrected chi connectivity index (χ2v) is 5.59. The van der Waals surface area contributed by atoms with E-state index in [0.717, 1.165) is 0 Å². The molecule has 1 aromatic carbocycles. The first-order valence-electron chi connectivity index (χ1n) is 6.29. The van der Waals surface area contributed by atoms with Crippen LogP contribution in [0.2, 0.25) is 10.0 Å². The highest BCUT2D eigenvalue weighted by molar-refractivity contribution is 6.42. The predicted molar refractivity (Wildman–Crippen MR) is 78.5 cm³/mol. The average molecular weight is 319 g/mol. The van der Waals surface area contributed by atoms with Crippen LogP contribution < -0.4 is 10.6 Å². The molecule has 5 nitrogen and oxygen atoms in total. The van der Waals surface area contributed by atoms with Gasteiger partial charge in [-0.05, 0) is 18.2 Å². The van der Waals surface area contributed by atoms with E-state index in [-0.39, 0.29) is 6.54 Å². The summed E-state index contributed by atoms with van der Waals surface area (Å²) in [6.07, 6.45) is 1.03. The van der Waals surface area contributed by atoms with E-state index in [0.29, 0.717) is 41.8 Å². The van der Waals surface area contributed by atoms with Crippen LogP contribution in [0.1, 0.15) is 12.8 Å².